The van der Waals surface area contributed by atoms with Gasteiger partial charge < -0.3 is 20.8 Å². The average Bonchev–Trinajstić information content (AvgIpc) is 3.55. The predicted octanol–water partition coefficient (Wildman–Crippen LogP) is 7.57. The maximum absolute atomic E-state index is 13.4. The fourth-order valence-corrected chi connectivity index (χ4v) is 5.91. The number of urea groups is 1. The summed E-state index contributed by atoms with van der Waals surface area (Å²) in [5, 5.41) is 35.0. The van der Waals surface area contributed by atoms with E-state index in [-0.39, 0.29) is 35.0 Å². The highest BCUT2D eigenvalue weighted by atomic mass is 16.5. The van der Waals surface area contributed by atoms with Crippen molar-refractivity contribution < 1.29 is 9.53 Å². The van der Waals surface area contributed by atoms with Gasteiger partial charge in [-0.25, -0.2) is 4.79 Å². The van der Waals surface area contributed by atoms with Gasteiger partial charge in [-0.2, -0.15) is 0 Å². The minimum atomic E-state index is -0.382. The summed E-state index contributed by atoms with van der Waals surface area (Å²) in [5.74, 6) is 1.70. The van der Waals surface area contributed by atoms with Gasteiger partial charge in [0.05, 0.1) is 12.2 Å². The Morgan fingerprint density at radius 3 is 2.31 bits per heavy atom. The molecule has 5 rings (SSSR count). The Balaban J connectivity index is 1.30. The van der Waals surface area contributed by atoms with Gasteiger partial charge in [-0.3, -0.25) is 20.7 Å². The van der Waals surface area contributed by atoms with Gasteiger partial charge in [-0.1, -0.05) is 75.6 Å². The van der Waals surface area contributed by atoms with Crippen molar-refractivity contribution in [1.29, 1.82) is 16.2 Å². The van der Waals surface area contributed by atoms with Gasteiger partial charge in [0.2, 0.25) is 0 Å². The Hall–Kier alpha value is -4.66. The maximum Gasteiger partial charge on any atom is 0.320 e. The van der Waals surface area contributed by atoms with Crippen LogP contribution in [0.2, 0.25) is 0 Å². The predicted molar refractivity (Wildman–Crippen MR) is 179 cm³/mol. The van der Waals surface area contributed by atoms with Crippen molar-refractivity contribution in [3.05, 3.63) is 101 Å². The van der Waals surface area contributed by atoms with Gasteiger partial charge in [0.15, 0.2) is 0 Å². The molecule has 9 heteroatoms. The minimum Gasteiger partial charge on any atom is -0.484 e. The van der Waals surface area contributed by atoms with Crippen molar-refractivity contribution in [2.24, 2.45) is 11.3 Å². The zero-order chi connectivity index (χ0) is 32.1. The van der Waals surface area contributed by atoms with E-state index in [0.717, 1.165) is 48.1 Å². The molecule has 236 valence electrons. The number of rotatable bonds is 8. The number of allylic oxidation sites excluding steroid dienone is 1. The topological polar surface area (TPSA) is 139 Å². The number of carbonyl (C=O) groups is 1. The van der Waals surface area contributed by atoms with Gasteiger partial charge in [0, 0.05) is 28.8 Å². The summed E-state index contributed by atoms with van der Waals surface area (Å²) in [7, 11) is 0. The lowest BCUT2D eigenvalue weighted by Crippen LogP contribution is -2.41. The van der Waals surface area contributed by atoms with Crippen LogP contribution in [0.5, 0.6) is 5.75 Å². The van der Waals surface area contributed by atoms with Crippen LogP contribution in [0.1, 0.15) is 88.1 Å². The number of anilines is 1. The van der Waals surface area contributed by atoms with Gasteiger partial charge in [-0.15, -0.1) is 0 Å². The van der Waals surface area contributed by atoms with Crippen LogP contribution >= 0.6 is 0 Å². The molecule has 0 aliphatic heterocycles. The van der Waals surface area contributed by atoms with Crippen LogP contribution in [0, 0.1) is 34.5 Å². The third-order valence-corrected chi connectivity index (χ3v) is 8.62. The normalized spacial score (nSPS) is 18.5. The fourth-order valence-electron chi connectivity index (χ4n) is 5.91. The number of pyridine rings is 1. The third kappa shape index (κ3) is 7.90. The molecule has 45 heavy (non-hydrogen) atoms. The first kappa shape index (κ1) is 31.8. The van der Waals surface area contributed by atoms with Crippen molar-refractivity contribution in [2.75, 3.05) is 5.32 Å². The molecule has 0 radical (unpaired) electrons. The molecule has 2 aliphatic rings. The molecule has 1 saturated carbocycles. The highest BCUT2D eigenvalue weighted by Gasteiger charge is 2.30. The largest absolute Gasteiger partial charge is 0.484 e. The number of amides is 2. The Morgan fingerprint density at radius 1 is 0.933 bits per heavy atom. The molecule has 1 fully saturated rings. The van der Waals surface area contributed by atoms with E-state index in [1.165, 1.54) is 0 Å². The van der Waals surface area contributed by atoms with Crippen LogP contribution < -0.4 is 26.2 Å². The zero-order valence-electron chi connectivity index (χ0n) is 26.7. The molecule has 6 N–H and O–H groups in total. The molecular weight excluding hydrogens is 562 g/mol. The number of hydrogen-bond acceptors (Lipinski definition) is 6. The lowest BCUT2D eigenvalue weighted by Gasteiger charge is -2.32. The number of aryl methyl sites for hydroxylation is 1. The monoisotopic (exact) mass is 607 g/mol. The second-order valence-electron chi connectivity index (χ2n) is 13.2. The van der Waals surface area contributed by atoms with E-state index in [1.54, 1.807) is 29.0 Å². The van der Waals surface area contributed by atoms with E-state index in [9.17, 15) is 4.79 Å². The fraction of sp³-hybridized carbons (Fsp3) is 0.389. The standard InChI is InChI=1S/C36H45N7O2/c1-23-13-15-25(16-14-23)40-33(21-31(37)36(2,3)4)42-35(44)41-29-18-19-30(28-12-8-7-11-27(28)29)45-26-17-20-32(38)43(22-26)34(39)24-9-5-6-10-24/h7-8,11-17,20-22,24,29-30,37-40H,5-6,9-10,18-19H2,1-4H3,(H2,41,42,44)/b33-21+,37-31?,38-32?,39-34?. The van der Waals surface area contributed by atoms with Crippen LogP contribution in [0.25, 0.3) is 0 Å². The SMILES string of the molecule is Cc1ccc(N/C(=C\C(=N)C(C)(C)C)NC(=O)NC2CCC(Oc3ccc(=N)n(C(=N)C4CCCC4)c3)c3ccccc32)cc1. The van der Waals surface area contributed by atoms with E-state index in [4.69, 9.17) is 21.0 Å². The van der Waals surface area contributed by atoms with Crippen LogP contribution in [0.4, 0.5) is 10.5 Å². The average molecular weight is 608 g/mol. The first-order chi connectivity index (χ1) is 21.5. The number of nitrogens with one attached hydrogen (secondary N) is 6. The molecule has 2 unspecified atom stereocenters. The summed E-state index contributed by atoms with van der Waals surface area (Å²) >= 11 is 0. The van der Waals surface area contributed by atoms with Crippen LogP contribution in [0.15, 0.2) is 78.8 Å². The van der Waals surface area contributed by atoms with Crippen molar-refractivity contribution in [3.8, 4) is 5.75 Å². The molecule has 1 heterocycles. The quantitative estimate of drug-likeness (QED) is 0.116. The highest BCUT2D eigenvalue weighted by molar-refractivity contribution is 5.97. The van der Waals surface area contributed by atoms with Crippen LogP contribution in [0.3, 0.4) is 0 Å². The van der Waals surface area contributed by atoms with Gasteiger partial charge in [0.1, 0.15) is 29.0 Å². The molecule has 0 saturated heterocycles. The number of carbonyl (C=O) groups excluding carboxylic acids is 1. The molecule has 2 amide bonds. The first-order valence-electron chi connectivity index (χ1n) is 15.8. The van der Waals surface area contributed by atoms with Crippen molar-refractivity contribution in [1.82, 2.24) is 15.2 Å². The number of hydrogen-bond donors (Lipinski definition) is 6. The maximum atomic E-state index is 13.4. The van der Waals surface area contributed by atoms with E-state index >= 15 is 0 Å². The van der Waals surface area contributed by atoms with Gasteiger partial charge >= 0.3 is 6.03 Å². The molecule has 2 aromatic carbocycles. The Morgan fingerprint density at radius 2 is 1.62 bits per heavy atom. The molecule has 0 spiro atoms. The van der Waals surface area contributed by atoms with E-state index in [0.29, 0.717) is 36.0 Å². The van der Waals surface area contributed by atoms with Crippen molar-refractivity contribution in [3.63, 3.8) is 0 Å². The summed E-state index contributed by atoms with van der Waals surface area (Å²) in [6, 6.07) is 18.8. The summed E-state index contributed by atoms with van der Waals surface area (Å²) in [4.78, 5) is 13.4. The first-order valence-corrected chi connectivity index (χ1v) is 15.8. The number of benzene rings is 2. The van der Waals surface area contributed by atoms with Gasteiger partial charge in [0.25, 0.3) is 0 Å². The lowest BCUT2D eigenvalue weighted by molar-refractivity contribution is 0.171. The number of nitrogens with zero attached hydrogens (tertiary/aromatic N) is 1. The Kier molecular flexibility index (Phi) is 9.56. The lowest BCUT2D eigenvalue weighted by atomic mass is 9.85. The van der Waals surface area contributed by atoms with Crippen LogP contribution in [-0.4, -0.2) is 22.1 Å². The molecule has 2 aliphatic carbocycles. The summed E-state index contributed by atoms with van der Waals surface area (Å²) in [6.07, 6.45) is 8.82. The number of fused-ring (bicyclic) bond motifs is 1. The minimum absolute atomic E-state index is 0.184. The van der Waals surface area contributed by atoms with Crippen LogP contribution in [-0.2, 0) is 0 Å². The van der Waals surface area contributed by atoms with Crippen molar-refractivity contribution >= 4 is 23.3 Å². The van der Waals surface area contributed by atoms with Gasteiger partial charge in [-0.05, 0) is 68.0 Å². The van der Waals surface area contributed by atoms with Crippen molar-refractivity contribution in [2.45, 2.75) is 78.4 Å². The second kappa shape index (κ2) is 13.5. The third-order valence-electron chi connectivity index (χ3n) is 8.62. The number of ether oxygens (including phenoxy) is 1. The summed E-state index contributed by atoms with van der Waals surface area (Å²) in [5.41, 5.74) is 4.23. The Labute approximate surface area is 265 Å². The molecular formula is C36H45N7O2. The smallest absolute Gasteiger partial charge is 0.320 e. The highest BCUT2D eigenvalue weighted by Crippen LogP contribution is 2.38. The Bertz CT molecular complexity index is 1640. The molecule has 3 aromatic rings. The van der Waals surface area contributed by atoms with E-state index < -0.39 is 0 Å². The molecule has 2 atom stereocenters. The summed E-state index contributed by atoms with van der Waals surface area (Å²) in [6.45, 7) is 7.92. The van der Waals surface area contributed by atoms with E-state index in [1.807, 2.05) is 76.2 Å². The molecule has 9 nitrogen and oxygen atoms in total. The second-order valence-corrected chi connectivity index (χ2v) is 13.2. The number of aromatic nitrogens is 1. The molecule has 0 bridgehead atoms. The summed E-state index contributed by atoms with van der Waals surface area (Å²) < 4.78 is 8.13. The molecule has 1 aromatic heterocycles. The zero-order valence-corrected chi connectivity index (χ0v) is 26.7. The van der Waals surface area contributed by atoms with E-state index in [2.05, 4.69) is 16.0 Å².